The SMILES string of the molecule is COC[C@@H]1CCN1c1cncc(CN2C(=O)c3cccc(c3)S(=O)(=O)Nc3nc(cc(-c4c(C)cccc4C)n3)OC[C@H]2CC(C)(C)F)n1. The average Bonchev–Trinajstić information content (AvgIpc) is 3.03. The summed E-state index contributed by atoms with van der Waals surface area (Å²) in [5.74, 6) is -0.00431. The fraction of sp³-hybridized carbons (Fsp3) is 0.400. The van der Waals surface area contributed by atoms with Crippen LogP contribution in [-0.4, -0.2) is 83.8 Å². The standard InChI is InChI=1S/C35H40FN7O5S/c1-22-8-6-9-23(2)32(22)29-15-31-40-34(39-29)41-49(45,46)28-11-7-10-24(14-28)33(44)43(27(21-48-31)16-35(3,4)36)19-25-17-37-18-30(38-25)42-13-12-26(42)20-47-5/h6-11,14-15,17-18,26-27H,12-13,16,19-21H2,1-5H3,(H,39,40,41)/t26-,27+/m0/s1. The maximum Gasteiger partial charge on any atom is 0.264 e. The van der Waals surface area contributed by atoms with E-state index < -0.39 is 27.6 Å². The molecule has 12 nitrogen and oxygen atoms in total. The number of aromatic nitrogens is 4. The topological polar surface area (TPSA) is 140 Å². The number of halogens is 1. The first-order chi connectivity index (χ1) is 23.3. The molecule has 49 heavy (non-hydrogen) atoms. The Balaban J connectivity index is 1.45. The molecule has 0 aliphatic carbocycles. The van der Waals surface area contributed by atoms with Crippen LogP contribution in [0.5, 0.6) is 5.88 Å². The number of sulfonamides is 1. The molecule has 258 valence electrons. The molecular formula is C35H40FN7O5S. The number of anilines is 2. The summed E-state index contributed by atoms with van der Waals surface area (Å²) < 4.78 is 56.9. The lowest BCUT2D eigenvalue weighted by Gasteiger charge is -2.41. The number of nitrogens with one attached hydrogen (secondary N) is 1. The highest BCUT2D eigenvalue weighted by atomic mass is 32.2. The third-order valence-electron chi connectivity index (χ3n) is 8.70. The zero-order valence-corrected chi connectivity index (χ0v) is 29.0. The van der Waals surface area contributed by atoms with Crippen LogP contribution in [0.1, 0.15) is 53.9 Å². The number of aryl methyl sites for hydroxylation is 2. The van der Waals surface area contributed by atoms with Crippen molar-refractivity contribution in [1.82, 2.24) is 24.8 Å². The van der Waals surface area contributed by atoms with Gasteiger partial charge in [-0.2, -0.15) is 4.98 Å². The van der Waals surface area contributed by atoms with Crippen molar-refractivity contribution < 1.29 is 27.1 Å². The van der Waals surface area contributed by atoms with Gasteiger partial charge in [0.25, 0.3) is 15.9 Å². The van der Waals surface area contributed by atoms with E-state index in [1.807, 2.05) is 32.0 Å². The van der Waals surface area contributed by atoms with E-state index in [9.17, 15) is 13.2 Å². The molecule has 1 saturated heterocycles. The quantitative estimate of drug-likeness (QED) is 0.265. The van der Waals surface area contributed by atoms with Crippen LogP contribution in [0.4, 0.5) is 16.2 Å². The number of benzene rings is 2. The Hall–Kier alpha value is -4.69. The number of methoxy groups -OCH3 is 1. The van der Waals surface area contributed by atoms with Gasteiger partial charge in [0.15, 0.2) is 0 Å². The fourth-order valence-corrected chi connectivity index (χ4v) is 7.28. The van der Waals surface area contributed by atoms with Crippen molar-refractivity contribution in [3.63, 3.8) is 0 Å². The number of rotatable bonds is 8. The number of carbonyl (C=O) groups is 1. The molecule has 4 bridgehead atoms. The zero-order valence-electron chi connectivity index (χ0n) is 28.2. The van der Waals surface area contributed by atoms with Crippen LogP contribution in [0, 0.1) is 13.8 Å². The highest BCUT2D eigenvalue weighted by molar-refractivity contribution is 7.92. The average molecular weight is 690 g/mol. The molecule has 2 aromatic carbocycles. The lowest BCUT2D eigenvalue weighted by atomic mass is 9.99. The van der Waals surface area contributed by atoms with E-state index in [2.05, 4.69) is 24.6 Å². The molecule has 2 atom stereocenters. The van der Waals surface area contributed by atoms with Gasteiger partial charge in [0.05, 0.1) is 53.9 Å². The number of carbonyl (C=O) groups excluding carboxylic acids is 1. The molecule has 2 aliphatic rings. The van der Waals surface area contributed by atoms with Crippen LogP contribution in [0.3, 0.4) is 0 Å². The first-order valence-electron chi connectivity index (χ1n) is 16.1. The van der Waals surface area contributed by atoms with Gasteiger partial charge in [-0.3, -0.25) is 9.78 Å². The Kier molecular flexibility index (Phi) is 9.54. The summed E-state index contributed by atoms with van der Waals surface area (Å²) in [6.45, 7) is 7.90. The predicted octanol–water partition coefficient (Wildman–Crippen LogP) is 5.12. The Morgan fingerprint density at radius 1 is 1.04 bits per heavy atom. The first-order valence-corrected chi connectivity index (χ1v) is 17.6. The minimum absolute atomic E-state index is 0.0372. The molecule has 1 N–H and O–H groups in total. The molecule has 0 unspecified atom stereocenters. The van der Waals surface area contributed by atoms with E-state index in [4.69, 9.17) is 14.5 Å². The zero-order chi connectivity index (χ0) is 34.9. The summed E-state index contributed by atoms with van der Waals surface area (Å²) >= 11 is 0. The smallest absolute Gasteiger partial charge is 0.264 e. The summed E-state index contributed by atoms with van der Waals surface area (Å²) in [6, 6.07) is 12.5. The van der Waals surface area contributed by atoms with Crippen molar-refractivity contribution in [2.45, 2.75) is 69.7 Å². The van der Waals surface area contributed by atoms with Crippen molar-refractivity contribution in [3.8, 4) is 17.1 Å². The van der Waals surface area contributed by atoms with E-state index in [0.29, 0.717) is 23.8 Å². The molecule has 0 spiro atoms. The van der Waals surface area contributed by atoms with Crippen LogP contribution in [0.15, 0.2) is 65.8 Å². The molecule has 14 heteroatoms. The molecule has 1 amide bonds. The number of fused-ring (bicyclic) bond motifs is 4. The minimum atomic E-state index is -4.24. The van der Waals surface area contributed by atoms with Gasteiger partial charge in [-0.25, -0.2) is 27.5 Å². The fourth-order valence-electron chi connectivity index (χ4n) is 6.29. The lowest BCUT2D eigenvalue weighted by Crippen LogP contribution is -2.51. The molecule has 6 rings (SSSR count). The van der Waals surface area contributed by atoms with Crippen LogP contribution in [0.25, 0.3) is 11.3 Å². The Morgan fingerprint density at radius 2 is 1.80 bits per heavy atom. The van der Waals surface area contributed by atoms with Crippen molar-refractivity contribution in [1.29, 1.82) is 0 Å². The number of hydrogen-bond acceptors (Lipinski definition) is 10. The summed E-state index contributed by atoms with van der Waals surface area (Å²) in [5.41, 5.74) is 1.97. The summed E-state index contributed by atoms with van der Waals surface area (Å²) in [6.07, 6.45) is 4.10. The van der Waals surface area contributed by atoms with Crippen molar-refractivity contribution >= 4 is 27.7 Å². The Bertz CT molecular complexity index is 1950. The van der Waals surface area contributed by atoms with Gasteiger partial charge in [0, 0.05) is 37.3 Å². The molecule has 0 saturated carbocycles. The molecule has 2 aliphatic heterocycles. The molecule has 4 aromatic rings. The Morgan fingerprint density at radius 3 is 2.49 bits per heavy atom. The van der Waals surface area contributed by atoms with Gasteiger partial charge in [-0.15, -0.1) is 0 Å². The summed E-state index contributed by atoms with van der Waals surface area (Å²) in [4.78, 5) is 36.0. The molecule has 4 heterocycles. The second kappa shape index (κ2) is 13.7. The van der Waals surface area contributed by atoms with E-state index >= 15 is 4.39 Å². The number of nitrogens with zero attached hydrogens (tertiary/aromatic N) is 6. The first kappa shape index (κ1) is 34.2. The van der Waals surface area contributed by atoms with Crippen molar-refractivity contribution in [2.75, 3.05) is 36.5 Å². The van der Waals surface area contributed by atoms with Crippen LogP contribution in [0.2, 0.25) is 0 Å². The second-order valence-corrected chi connectivity index (χ2v) is 14.8. The number of hydrogen-bond donors (Lipinski definition) is 1. The highest BCUT2D eigenvalue weighted by Gasteiger charge is 2.34. The van der Waals surface area contributed by atoms with Crippen LogP contribution >= 0.6 is 0 Å². The van der Waals surface area contributed by atoms with Crippen LogP contribution in [-0.2, 0) is 21.3 Å². The van der Waals surface area contributed by atoms with Gasteiger partial charge in [-0.05, 0) is 63.4 Å². The van der Waals surface area contributed by atoms with Crippen molar-refractivity contribution in [2.24, 2.45) is 0 Å². The number of amides is 1. The number of alkyl halides is 1. The van der Waals surface area contributed by atoms with E-state index in [1.54, 1.807) is 25.6 Å². The Labute approximate surface area is 285 Å². The molecule has 1 fully saturated rings. The monoisotopic (exact) mass is 689 g/mol. The lowest BCUT2D eigenvalue weighted by molar-refractivity contribution is 0.0449. The summed E-state index contributed by atoms with van der Waals surface area (Å²) in [5, 5.41) is 0. The van der Waals surface area contributed by atoms with Crippen molar-refractivity contribution in [3.05, 3.63) is 83.3 Å². The van der Waals surface area contributed by atoms with Crippen LogP contribution < -0.4 is 14.4 Å². The normalized spacial score (nSPS) is 19.1. The van der Waals surface area contributed by atoms with Gasteiger partial charge in [0.2, 0.25) is 11.8 Å². The summed E-state index contributed by atoms with van der Waals surface area (Å²) in [7, 11) is -2.59. The van der Waals surface area contributed by atoms with E-state index in [-0.39, 0.29) is 47.9 Å². The maximum atomic E-state index is 15.5. The predicted molar refractivity (Wildman–Crippen MR) is 183 cm³/mol. The van der Waals surface area contributed by atoms with Gasteiger partial charge >= 0.3 is 0 Å². The highest BCUT2D eigenvalue weighted by Crippen LogP contribution is 2.31. The van der Waals surface area contributed by atoms with Gasteiger partial charge in [-0.1, -0.05) is 24.3 Å². The second-order valence-electron chi connectivity index (χ2n) is 13.1. The molecule has 0 radical (unpaired) electrons. The van der Waals surface area contributed by atoms with Gasteiger partial charge in [0.1, 0.15) is 18.1 Å². The minimum Gasteiger partial charge on any atom is -0.475 e. The van der Waals surface area contributed by atoms with E-state index in [0.717, 1.165) is 29.7 Å². The third kappa shape index (κ3) is 7.65. The van der Waals surface area contributed by atoms with Gasteiger partial charge < -0.3 is 19.3 Å². The molecule has 2 aromatic heterocycles. The maximum absolute atomic E-state index is 15.5. The van der Waals surface area contributed by atoms with E-state index in [1.165, 1.54) is 43.0 Å². The third-order valence-corrected chi connectivity index (χ3v) is 10.0. The number of ether oxygens (including phenoxy) is 2. The molecular weight excluding hydrogens is 649 g/mol. The largest absolute Gasteiger partial charge is 0.475 e.